The van der Waals surface area contributed by atoms with Crippen LogP contribution in [0.2, 0.25) is 0 Å². The van der Waals surface area contributed by atoms with Gasteiger partial charge in [0.1, 0.15) is 11.6 Å². The Kier molecular flexibility index (Phi) is 3.03. The molecule has 0 spiro atoms. The van der Waals surface area contributed by atoms with Gasteiger partial charge in [0, 0.05) is 12.4 Å². The molecule has 0 saturated carbocycles. The largest absolute Gasteiger partial charge is 0.497 e. The smallest absolute Gasteiger partial charge is 0.297 e. The Bertz CT molecular complexity index is 545. The van der Waals surface area contributed by atoms with Crippen molar-refractivity contribution in [2.24, 2.45) is 0 Å². The Morgan fingerprint density at radius 3 is 2.65 bits per heavy atom. The van der Waals surface area contributed by atoms with E-state index in [2.05, 4.69) is 15.3 Å². The maximum atomic E-state index is 12.6. The Labute approximate surface area is 96.6 Å². The zero-order chi connectivity index (χ0) is 12.4. The van der Waals surface area contributed by atoms with E-state index in [9.17, 15) is 8.78 Å². The minimum atomic E-state index is -2.69. The van der Waals surface area contributed by atoms with Gasteiger partial charge in [-0.05, 0) is 18.2 Å². The second-order valence-electron chi connectivity index (χ2n) is 3.36. The highest BCUT2D eigenvalue weighted by Crippen LogP contribution is 2.27. The molecule has 2 rings (SSSR count). The molecule has 0 atom stereocenters. The number of nitrogens with zero attached hydrogens (tertiary/aromatic N) is 2. The number of methoxy groups -OCH3 is 1. The molecule has 1 aromatic heterocycles. The van der Waals surface area contributed by atoms with Crippen LogP contribution in [-0.4, -0.2) is 24.1 Å². The van der Waals surface area contributed by atoms with E-state index in [1.54, 1.807) is 25.2 Å². The number of anilines is 1. The summed E-state index contributed by atoms with van der Waals surface area (Å²) in [6.45, 7) is 0. The Morgan fingerprint density at radius 1 is 1.29 bits per heavy atom. The summed E-state index contributed by atoms with van der Waals surface area (Å²) >= 11 is 0. The molecule has 0 amide bonds. The quantitative estimate of drug-likeness (QED) is 0.894. The summed E-state index contributed by atoms with van der Waals surface area (Å²) in [6.07, 6.45) is -2.69. The van der Waals surface area contributed by atoms with Gasteiger partial charge in [-0.1, -0.05) is 0 Å². The molecule has 6 heteroatoms. The molecule has 0 fully saturated rings. The first-order valence-electron chi connectivity index (χ1n) is 4.97. The van der Waals surface area contributed by atoms with E-state index in [-0.39, 0.29) is 0 Å². The van der Waals surface area contributed by atoms with Crippen molar-refractivity contribution in [1.29, 1.82) is 0 Å². The number of rotatable bonds is 3. The molecule has 17 heavy (non-hydrogen) atoms. The van der Waals surface area contributed by atoms with Crippen LogP contribution in [0, 0.1) is 0 Å². The standard InChI is InChI=1S/C11H11F2N3O/c1-14-10-7-5-6(17-2)3-4-8(7)15-11(16-10)9(12)13/h3-5,9H,1-2H3,(H,14,15,16). The number of hydrogen-bond donors (Lipinski definition) is 1. The molecule has 0 unspecified atom stereocenters. The summed E-state index contributed by atoms with van der Waals surface area (Å²) in [5, 5.41) is 3.43. The molecule has 0 aliphatic carbocycles. The van der Waals surface area contributed by atoms with Crippen LogP contribution in [0.1, 0.15) is 12.2 Å². The van der Waals surface area contributed by atoms with Crippen LogP contribution in [0.4, 0.5) is 14.6 Å². The molecule has 0 aliphatic heterocycles. The predicted octanol–water partition coefficient (Wildman–Crippen LogP) is 2.62. The lowest BCUT2D eigenvalue weighted by molar-refractivity contribution is 0.141. The number of hydrogen-bond acceptors (Lipinski definition) is 4. The van der Waals surface area contributed by atoms with Crippen LogP contribution in [-0.2, 0) is 0 Å². The number of halogens is 2. The van der Waals surface area contributed by atoms with Gasteiger partial charge >= 0.3 is 0 Å². The van der Waals surface area contributed by atoms with Gasteiger partial charge in [-0.2, -0.15) is 0 Å². The summed E-state index contributed by atoms with van der Waals surface area (Å²) < 4.78 is 30.2. The molecule has 4 nitrogen and oxygen atoms in total. The van der Waals surface area contributed by atoms with Crippen molar-refractivity contribution in [3.63, 3.8) is 0 Å². The maximum absolute atomic E-state index is 12.6. The highest BCUT2D eigenvalue weighted by Gasteiger charge is 2.14. The third-order valence-electron chi connectivity index (χ3n) is 2.35. The van der Waals surface area contributed by atoms with Gasteiger partial charge in [0.25, 0.3) is 6.43 Å². The van der Waals surface area contributed by atoms with Crippen LogP contribution in [0.3, 0.4) is 0 Å². The molecule has 0 bridgehead atoms. The van der Waals surface area contributed by atoms with E-state index >= 15 is 0 Å². The summed E-state index contributed by atoms with van der Waals surface area (Å²) in [4.78, 5) is 7.57. The minimum absolute atomic E-state index is 0.365. The van der Waals surface area contributed by atoms with Crippen molar-refractivity contribution in [3.05, 3.63) is 24.0 Å². The van der Waals surface area contributed by atoms with E-state index in [1.807, 2.05) is 0 Å². The van der Waals surface area contributed by atoms with Gasteiger partial charge in [-0.15, -0.1) is 0 Å². The molecule has 0 aliphatic rings. The molecular formula is C11H11F2N3O. The fraction of sp³-hybridized carbons (Fsp3) is 0.273. The SMILES string of the molecule is CNc1nc(C(F)F)nc2ccc(OC)cc12. The van der Waals surface area contributed by atoms with Crippen LogP contribution in [0.25, 0.3) is 10.9 Å². The highest BCUT2D eigenvalue weighted by molar-refractivity contribution is 5.90. The zero-order valence-corrected chi connectivity index (χ0v) is 9.37. The van der Waals surface area contributed by atoms with Crippen molar-refractivity contribution in [1.82, 2.24) is 9.97 Å². The number of alkyl halides is 2. The monoisotopic (exact) mass is 239 g/mol. The van der Waals surface area contributed by atoms with Crippen LogP contribution in [0.15, 0.2) is 18.2 Å². The predicted molar refractivity (Wildman–Crippen MR) is 60.6 cm³/mol. The first kappa shape index (κ1) is 11.5. The average Bonchev–Trinajstić information content (AvgIpc) is 2.36. The van der Waals surface area contributed by atoms with Crippen molar-refractivity contribution < 1.29 is 13.5 Å². The summed E-state index contributed by atoms with van der Waals surface area (Å²) in [7, 11) is 3.16. The van der Waals surface area contributed by atoms with Crippen molar-refractivity contribution in [2.75, 3.05) is 19.5 Å². The number of aromatic nitrogens is 2. The van der Waals surface area contributed by atoms with Crippen LogP contribution >= 0.6 is 0 Å². The molecular weight excluding hydrogens is 228 g/mol. The summed E-state index contributed by atoms with van der Waals surface area (Å²) in [5.41, 5.74) is 0.459. The number of ether oxygens (including phenoxy) is 1. The Hall–Kier alpha value is -1.98. The van der Waals surface area contributed by atoms with E-state index in [0.29, 0.717) is 22.5 Å². The third kappa shape index (κ3) is 2.11. The van der Waals surface area contributed by atoms with Crippen molar-refractivity contribution in [3.8, 4) is 5.75 Å². The fourth-order valence-electron chi connectivity index (χ4n) is 1.54. The Morgan fingerprint density at radius 2 is 2.06 bits per heavy atom. The van der Waals surface area contributed by atoms with Crippen LogP contribution in [0.5, 0.6) is 5.75 Å². The van der Waals surface area contributed by atoms with Gasteiger partial charge in [0.2, 0.25) is 0 Å². The van der Waals surface area contributed by atoms with E-state index in [1.165, 1.54) is 7.11 Å². The number of fused-ring (bicyclic) bond motifs is 1. The minimum Gasteiger partial charge on any atom is -0.497 e. The van der Waals surface area contributed by atoms with Gasteiger partial charge in [-0.3, -0.25) is 0 Å². The van der Waals surface area contributed by atoms with Gasteiger partial charge in [0.05, 0.1) is 12.6 Å². The number of nitrogens with one attached hydrogen (secondary N) is 1. The van der Waals surface area contributed by atoms with Crippen molar-refractivity contribution >= 4 is 16.7 Å². The highest BCUT2D eigenvalue weighted by atomic mass is 19.3. The molecule has 1 N–H and O–H groups in total. The van der Waals surface area contributed by atoms with Gasteiger partial charge in [-0.25, -0.2) is 18.7 Å². The van der Waals surface area contributed by atoms with Crippen LogP contribution < -0.4 is 10.1 Å². The molecule has 90 valence electrons. The normalized spacial score (nSPS) is 10.9. The van der Waals surface area contributed by atoms with E-state index in [0.717, 1.165) is 0 Å². The van der Waals surface area contributed by atoms with Gasteiger partial charge < -0.3 is 10.1 Å². The van der Waals surface area contributed by atoms with Crippen molar-refractivity contribution in [2.45, 2.75) is 6.43 Å². The third-order valence-corrected chi connectivity index (χ3v) is 2.35. The maximum Gasteiger partial charge on any atom is 0.297 e. The van der Waals surface area contributed by atoms with E-state index < -0.39 is 12.2 Å². The molecule has 1 aromatic carbocycles. The molecule has 0 radical (unpaired) electrons. The van der Waals surface area contributed by atoms with E-state index in [4.69, 9.17) is 4.74 Å². The summed E-state index contributed by atoms with van der Waals surface area (Å²) in [6, 6.07) is 5.00. The molecule has 2 aromatic rings. The second-order valence-corrected chi connectivity index (χ2v) is 3.36. The zero-order valence-electron chi connectivity index (χ0n) is 9.37. The molecule has 1 heterocycles. The van der Waals surface area contributed by atoms with Gasteiger partial charge in [0.15, 0.2) is 5.82 Å². The first-order chi connectivity index (χ1) is 8.15. The summed E-state index contributed by atoms with van der Waals surface area (Å²) in [5.74, 6) is 0.513. The lowest BCUT2D eigenvalue weighted by atomic mass is 10.2. The first-order valence-corrected chi connectivity index (χ1v) is 4.97. The average molecular weight is 239 g/mol. The second kappa shape index (κ2) is 4.48. The molecule has 0 saturated heterocycles. The topological polar surface area (TPSA) is 47.0 Å². The Balaban J connectivity index is 2.68. The lowest BCUT2D eigenvalue weighted by Crippen LogP contribution is -2.02. The fourth-order valence-corrected chi connectivity index (χ4v) is 1.54. The number of benzene rings is 1. The lowest BCUT2D eigenvalue weighted by Gasteiger charge is -2.08.